The van der Waals surface area contributed by atoms with Gasteiger partial charge in [0.25, 0.3) is 0 Å². The third-order valence-electron chi connectivity index (χ3n) is 2.79. The topological polar surface area (TPSA) is 47.6 Å². The molecule has 0 N–H and O–H groups in total. The Hall–Kier alpha value is -1.59. The van der Waals surface area contributed by atoms with Crippen LogP contribution in [0.1, 0.15) is 11.8 Å². The van der Waals surface area contributed by atoms with Gasteiger partial charge in [0.1, 0.15) is 6.23 Å². The van der Waals surface area contributed by atoms with E-state index in [1.165, 1.54) is 4.57 Å². The Balaban J connectivity index is 2.54. The Morgan fingerprint density at radius 3 is 2.71 bits per heavy atom. The molecule has 5 heteroatoms. The van der Waals surface area contributed by atoms with Crippen LogP contribution in [0.25, 0.3) is 11.1 Å². The van der Waals surface area contributed by atoms with Crippen LogP contribution in [-0.2, 0) is 11.8 Å². The summed E-state index contributed by atoms with van der Waals surface area (Å²) in [5.41, 5.74) is 2.32. The molecule has 0 spiro atoms. The van der Waals surface area contributed by atoms with Crippen LogP contribution in [0.5, 0.6) is 0 Å². The van der Waals surface area contributed by atoms with Gasteiger partial charge in [0.15, 0.2) is 5.58 Å². The van der Waals surface area contributed by atoms with Crippen LogP contribution >= 0.6 is 0 Å². The number of ether oxygens (including phenoxy) is 1. The normalized spacial score (nSPS) is 13.5. The molecular formula is C12H16N2O3. The average Bonchev–Trinajstić information content (AvgIpc) is 2.55. The zero-order chi connectivity index (χ0) is 12.6. The van der Waals surface area contributed by atoms with Crippen molar-refractivity contribution in [1.29, 1.82) is 0 Å². The lowest BCUT2D eigenvalue weighted by Gasteiger charge is -2.22. The molecule has 5 nitrogen and oxygen atoms in total. The predicted octanol–water partition coefficient (Wildman–Crippen LogP) is 1.34. The summed E-state index contributed by atoms with van der Waals surface area (Å²) in [6, 6.07) is 5.64. The fourth-order valence-corrected chi connectivity index (χ4v) is 1.95. The lowest BCUT2D eigenvalue weighted by molar-refractivity contribution is -0.00535. The van der Waals surface area contributed by atoms with Gasteiger partial charge < -0.3 is 9.15 Å². The molecule has 0 aliphatic heterocycles. The van der Waals surface area contributed by atoms with Gasteiger partial charge in [-0.15, -0.1) is 0 Å². The van der Waals surface area contributed by atoms with E-state index in [9.17, 15) is 4.79 Å². The molecule has 2 rings (SSSR count). The van der Waals surface area contributed by atoms with Crippen molar-refractivity contribution < 1.29 is 9.15 Å². The Labute approximate surface area is 99.2 Å². The minimum absolute atomic E-state index is 0.148. The van der Waals surface area contributed by atoms with Gasteiger partial charge in [0.2, 0.25) is 0 Å². The van der Waals surface area contributed by atoms with E-state index >= 15 is 0 Å². The maximum atomic E-state index is 11.4. The Morgan fingerprint density at radius 1 is 1.41 bits per heavy atom. The highest BCUT2D eigenvalue weighted by molar-refractivity contribution is 5.73. The fraction of sp³-hybridized carbons (Fsp3) is 0.417. The first kappa shape index (κ1) is 11.9. The summed E-state index contributed by atoms with van der Waals surface area (Å²) in [5.74, 6) is -0.351. The number of nitrogens with zero attached hydrogens (tertiary/aromatic N) is 2. The molecule has 0 fully saturated rings. The van der Waals surface area contributed by atoms with Crippen molar-refractivity contribution in [3.05, 3.63) is 34.3 Å². The third kappa shape index (κ3) is 1.99. The van der Waals surface area contributed by atoms with Gasteiger partial charge in [0.05, 0.1) is 5.52 Å². The second kappa shape index (κ2) is 4.35. The molecule has 0 aliphatic carbocycles. The quantitative estimate of drug-likeness (QED) is 0.754. The van der Waals surface area contributed by atoms with Crippen molar-refractivity contribution in [2.75, 3.05) is 21.2 Å². The summed E-state index contributed by atoms with van der Waals surface area (Å²) >= 11 is 0. The second-order valence-electron chi connectivity index (χ2n) is 4.21. The molecule has 0 radical (unpaired) electrons. The van der Waals surface area contributed by atoms with Gasteiger partial charge in [0, 0.05) is 14.2 Å². The van der Waals surface area contributed by atoms with Crippen LogP contribution in [0, 0.1) is 0 Å². The Morgan fingerprint density at radius 2 is 2.12 bits per heavy atom. The van der Waals surface area contributed by atoms with Crippen LogP contribution in [0.3, 0.4) is 0 Å². The van der Waals surface area contributed by atoms with Gasteiger partial charge in [-0.1, -0.05) is 6.07 Å². The van der Waals surface area contributed by atoms with E-state index in [0.29, 0.717) is 5.58 Å². The lowest BCUT2D eigenvalue weighted by Crippen LogP contribution is -2.21. The first-order chi connectivity index (χ1) is 8.04. The summed E-state index contributed by atoms with van der Waals surface area (Å²) in [5, 5.41) is 0. The van der Waals surface area contributed by atoms with Crippen LogP contribution in [-0.4, -0.2) is 30.7 Å². The number of rotatable bonds is 3. The first-order valence-corrected chi connectivity index (χ1v) is 5.33. The molecule has 1 unspecified atom stereocenters. The molecule has 0 aliphatic rings. The van der Waals surface area contributed by atoms with E-state index in [1.54, 1.807) is 14.2 Å². The largest absolute Gasteiger partial charge is 0.419 e. The zero-order valence-electron chi connectivity index (χ0n) is 10.4. The van der Waals surface area contributed by atoms with Crippen molar-refractivity contribution in [2.45, 2.75) is 6.23 Å². The van der Waals surface area contributed by atoms with Crippen LogP contribution < -0.4 is 5.76 Å². The number of oxazole rings is 1. The van der Waals surface area contributed by atoms with Gasteiger partial charge in [-0.2, -0.15) is 0 Å². The molecule has 1 heterocycles. The van der Waals surface area contributed by atoms with Crippen molar-refractivity contribution in [3.8, 4) is 0 Å². The highest BCUT2D eigenvalue weighted by Crippen LogP contribution is 2.22. The molecule has 0 saturated heterocycles. The summed E-state index contributed by atoms with van der Waals surface area (Å²) in [6.07, 6.45) is -0.148. The molecule has 2 aromatic rings. The lowest BCUT2D eigenvalue weighted by atomic mass is 10.1. The molecule has 0 saturated carbocycles. The SMILES string of the molecule is COC(c1ccc2c(c1)oc(=O)n2C)N(C)C. The van der Waals surface area contributed by atoms with Crippen molar-refractivity contribution in [1.82, 2.24) is 9.47 Å². The number of hydrogen-bond acceptors (Lipinski definition) is 4. The highest BCUT2D eigenvalue weighted by Gasteiger charge is 2.15. The van der Waals surface area contributed by atoms with Crippen LogP contribution in [0.2, 0.25) is 0 Å². The van der Waals surface area contributed by atoms with Gasteiger partial charge in [-0.25, -0.2) is 4.79 Å². The maximum absolute atomic E-state index is 11.4. The van der Waals surface area contributed by atoms with Crippen LogP contribution in [0.4, 0.5) is 0 Å². The van der Waals surface area contributed by atoms with Crippen molar-refractivity contribution in [3.63, 3.8) is 0 Å². The number of hydrogen-bond donors (Lipinski definition) is 0. The van der Waals surface area contributed by atoms with Gasteiger partial charge >= 0.3 is 5.76 Å². The molecule has 1 aromatic carbocycles. The molecule has 1 aromatic heterocycles. The predicted molar refractivity (Wildman–Crippen MR) is 64.9 cm³/mol. The number of aryl methyl sites for hydroxylation is 1. The monoisotopic (exact) mass is 236 g/mol. The first-order valence-electron chi connectivity index (χ1n) is 5.33. The molecule has 1 atom stereocenters. The number of benzene rings is 1. The van der Waals surface area contributed by atoms with Crippen molar-refractivity contribution in [2.24, 2.45) is 7.05 Å². The molecule has 17 heavy (non-hydrogen) atoms. The van der Waals surface area contributed by atoms with E-state index in [0.717, 1.165) is 11.1 Å². The Kier molecular flexibility index (Phi) is 3.04. The average molecular weight is 236 g/mol. The summed E-state index contributed by atoms with van der Waals surface area (Å²) in [4.78, 5) is 13.3. The number of methoxy groups -OCH3 is 1. The van der Waals surface area contributed by atoms with Crippen molar-refractivity contribution >= 4 is 11.1 Å². The minimum atomic E-state index is -0.351. The zero-order valence-corrected chi connectivity index (χ0v) is 10.4. The van der Waals surface area contributed by atoms with E-state index < -0.39 is 0 Å². The van der Waals surface area contributed by atoms with Gasteiger partial charge in [-0.05, 0) is 31.8 Å². The summed E-state index contributed by atoms with van der Waals surface area (Å²) < 4.78 is 12.0. The van der Waals surface area contributed by atoms with Gasteiger partial charge in [-0.3, -0.25) is 9.47 Å². The number of aromatic nitrogens is 1. The van der Waals surface area contributed by atoms with E-state index in [-0.39, 0.29) is 12.0 Å². The minimum Gasteiger partial charge on any atom is -0.408 e. The van der Waals surface area contributed by atoms with E-state index in [1.807, 2.05) is 37.2 Å². The summed E-state index contributed by atoms with van der Waals surface area (Å²) in [6.45, 7) is 0. The Bertz CT molecular complexity index is 583. The number of fused-ring (bicyclic) bond motifs is 1. The van der Waals surface area contributed by atoms with E-state index in [2.05, 4.69) is 0 Å². The molecule has 0 bridgehead atoms. The second-order valence-corrected chi connectivity index (χ2v) is 4.21. The smallest absolute Gasteiger partial charge is 0.408 e. The molecular weight excluding hydrogens is 220 g/mol. The fourth-order valence-electron chi connectivity index (χ4n) is 1.95. The maximum Gasteiger partial charge on any atom is 0.419 e. The standard InChI is InChI=1S/C12H16N2O3/c1-13(2)11(16-4)8-5-6-9-10(7-8)17-12(15)14(9)3/h5-7,11H,1-4H3. The summed E-state index contributed by atoms with van der Waals surface area (Å²) in [7, 11) is 7.20. The van der Waals surface area contributed by atoms with E-state index in [4.69, 9.17) is 9.15 Å². The molecule has 92 valence electrons. The van der Waals surface area contributed by atoms with Crippen LogP contribution in [0.15, 0.2) is 27.4 Å². The highest BCUT2D eigenvalue weighted by atomic mass is 16.5. The molecule has 0 amide bonds. The third-order valence-corrected chi connectivity index (χ3v) is 2.79.